The molecule has 1 saturated heterocycles. The van der Waals surface area contributed by atoms with Crippen molar-refractivity contribution in [3.05, 3.63) is 10.4 Å². The molecule has 1 radical (unpaired) electrons. The molecule has 0 bridgehead atoms. The second-order valence-corrected chi connectivity index (χ2v) is 4.75. The molecule has 5 nitrogen and oxygen atoms in total. The predicted octanol–water partition coefficient (Wildman–Crippen LogP) is 1.39. The molecule has 0 spiro atoms. The average molecular weight is 225 g/mol. The first-order valence-corrected chi connectivity index (χ1v) is 5.08. The van der Waals surface area contributed by atoms with Crippen LogP contribution >= 0.6 is 0 Å². The van der Waals surface area contributed by atoms with Gasteiger partial charge in [0.15, 0.2) is 0 Å². The average Bonchev–Trinajstić information content (AvgIpc) is 2.46. The van der Waals surface area contributed by atoms with Crippen LogP contribution < -0.4 is 0 Å². The third-order valence-electron chi connectivity index (χ3n) is 2.14. The second kappa shape index (κ2) is 4.74. The van der Waals surface area contributed by atoms with E-state index in [1.807, 2.05) is 20.8 Å². The molecule has 1 aliphatic heterocycles. The van der Waals surface area contributed by atoms with Crippen LogP contribution in [0.15, 0.2) is 5.11 Å². The van der Waals surface area contributed by atoms with Gasteiger partial charge in [0.2, 0.25) is 0 Å². The van der Waals surface area contributed by atoms with E-state index < -0.39 is 17.8 Å². The number of nitrogens with zero attached hydrogens (tertiary/aromatic N) is 4. The fourth-order valence-electron chi connectivity index (χ4n) is 1.48. The minimum atomic E-state index is -1.20. The summed E-state index contributed by atoms with van der Waals surface area (Å²) in [5.41, 5.74) is 7.84. The third-order valence-corrected chi connectivity index (χ3v) is 2.14. The van der Waals surface area contributed by atoms with Crippen LogP contribution in [0.3, 0.4) is 0 Å². The molecule has 0 N–H and O–H groups in total. The zero-order valence-electron chi connectivity index (χ0n) is 9.72. The minimum absolute atomic E-state index is 0.103. The Morgan fingerprint density at radius 1 is 1.56 bits per heavy atom. The summed E-state index contributed by atoms with van der Waals surface area (Å²) < 4.78 is 18.8. The Hall–Kier alpha value is -1.23. The number of likely N-dealkylation sites (tertiary alicyclic amines) is 1. The van der Waals surface area contributed by atoms with E-state index in [0.717, 1.165) is 0 Å². The molecule has 2 atom stereocenters. The predicted molar refractivity (Wildman–Crippen MR) is 61.0 cm³/mol. The van der Waals surface area contributed by atoms with E-state index in [2.05, 4.69) is 10.0 Å². The molecule has 1 rings (SSSR count). The molecular formula is C9H15BFN4O. The number of azide groups is 1. The number of hydrogen-bond donors (Lipinski definition) is 0. The molecule has 7 heteroatoms. The second-order valence-electron chi connectivity index (χ2n) is 4.75. The standard InChI is InChI=1S/C9H15BFN4O/c1-9(2,3)16-8(10)15-4-6(11)7(5-15)13-14-12/h6-7H,4-5H2,1-3H3/t6-,7-/m1/s1. The molecule has 0 saturated carbocycles. The van der Waals surface area contributed by atoms with E-state index >= 15 is 0 Å². The molecule has 0 aliphatic carbocycles. The monoisotopic (exact) mass is 225 g/mol. The first-order valence-electron chi connectivity index (χ1n) is 5.08. The van der Waals surface area contributed by atoms with Gasteiger partial charge < -0.3 is 0 Å². The van der Waals surface area contributed by atoms with Crippen molar-refractivity contribution in [2.45, 2.75) is 38.6 Å². The molecule has 0 aromatic heterocycles. The summed E-state index contributed by atoms with van der Waals surface area (Å²) in [6.07, 6.45) is -1.20. The van der Waals surface area contributed by atoms with Crippen LogP contribution in [-0.4, -0.2) is 49.1 Å². The van der Waals surface area contributed by atoms with E-state index in [9.17, 15) is 4.39 Å². The molecule has 87 valence electrons. The van der Waals surface area contributed by atoms with E-state index in [-0.39, 0.29) is 18.9 Å². The normalized spacial score (nSPS) is 25.1. The van der Waals surface area contributed by atoms with Crippen LogP contribution in [0.25, 0.3) is 10.4 Å². The number of alkyl halides is 1. The van der Waals surface area contributed by atoms with Crippen molar-refractivity contribution in [1.29, 1.82) is 0 Å². The molecule has 1 heterocycles. The van der Waals surface area contributed by atoms with Gasteiger partial charge in [-0.2, -0.15) is 0 Å². The first kappa shape index (κ1) is 12.8. The molecular weight excluding hydrogens is 210 g/mol. The summed E-state index contributed by atoms with van der Waals surface area (Å²) in [5.74, 6) is 0.172. The summed E-state index contributed by atoms with van der Waals surface area (Å²) in [7, 11) is 5.70. The Kier molecular flexibility index (Phi) is 3.81. The van der Waals surface area contributed by atoms with Gasteiger partial charge in [0, 0.05) is 0 Å². The van der Waals surface area contributed by atoms with Crippen molar-refractivity contribution in [3.63, 3.8) is 0 Å². The molecule has 1 aliphatic rings. The summed E-state index contributed by atoms with van der Waals surface area (Å²) in [6.45, 7) is 5.92. The van der Waals surface area contributed by atoms with Crippen molar-refractivity contribution >= 4 is 13.3 Å². The van der Waals surface area contributed by atoms with Gasteiger partial charge in [0.05, 0.1) is 0 Å². The summed E-state index contributed by atoms with van der Waals surface area (Å²) in [5, 5.41) is 3.37. The van der Waals surface area contributed by atoms with Crippen molar-refractivity contribution in [3.8, 4) is 0 Å². The Balaban J connectivity index is 2.58. The first-order chi connectivity index (χ1) is 7.33. The van der Waals surface area contributed by atoms with Crippen molar-refractivity contribution < 1.29 is 9.13 Å². The summed E-state index contributed by atoms with van der Waals surface area (Å²) in [4.78, 5) is 4.15. The molecule has 0 aromatic carbocycles. The van der Waals surface area contributed by atoms with Gasteiger partial charge in [-0.1, -0.05) is 0 Å². The van der Waals surface area contributed by atoms with Crippen LogP contribution in [-0.2, 0) is 4.74 Å². The van der Waals surface area contributed by atoms with E-state index in [1.165, 1.54) is 0 Å². The third kappa shape index (κ3) is 3.41. The fraction of sp³-hybridized carbons (Fsp3) is 0.889. The SMILES string of the molecule is [B]=C(OC(C)(C)C)N1C[C@@H](F)[C@H](N=[N+]=[N-])C1. The topological polar surface area (TPSA) is 61.2 Å². The Bertz CT molecular complexity index is 324. The number of hydrogen-bond acceptors (Lipinski definition) is 3. The van der Waals surface area contributed by atoms with Gasteiger partial charge in [-0.15, -0.1) is 0 Å². The maximum absolute atomic E-state index is 13.4. The van der Waals surface area contributed by atoms with E-state index in [0.29, 0.717) is 0 Å². The van der Waals surface area contributed by atoms with Crippen LogP contribution in [0.4, 0.5) is 4.39 Å². The van der Waals surface area contributed by atoms with Crippen LogP contribution in [0, 0.1) is 0 Å². The maximum atomic E-state index is 13.4. The quantitative estimate of drug-likeness (QED) is 0.315. The number of ether oxygens (including phenoxy) is 1. The van der Waals surface area contributed by atoms with Crippen molar-refractivity contribution in [1.82, 2.24) is 4.90 Å². The Labute approximate surface area is 95.3 Å². The molecule has 16 heavy (non-hydrogen) atoms. The molecule has 0 aromatic rings. The van der Waals surface area contributed by atoms with E-state index in [1.54, 1.807) is 4.90 Å². The van der Waals surface area contributed by atoms with Crippen LogP contribution in [0.5, 0.6) is 0 Å². The van der Waals surface area contributed by atoms with Crippen molar-refractivity contribution in [2.75, 3.05) is 13.1 Å². The van der Waals surface area contributed by atoms with Crippen molar-refractivity contribution in [2.24, 2.45) is 5.11 Å². The number of rotatable bonds is 3. The van der Waals surface area contributed by atoms with Gasteiger partial charge in [-0.05, 0) is 0 Å². The summed E-state index contributed by atoms with van der Waals surface area (Å²) in [6, 6.07) is -0.688. The fourth-order valence-corrected chi connectivity index (χ4v) is 1.48. The zero-order chi connectivity index (χ0) is 12.3. The van der Waals surface area contributed by atoms with Gasteiger partial charge >= 0.3 is 94.5 Å². The van der Waals surface area contributed by atoms with Gasteiger partial charge in [0.25, 0.3) is 0 Å². The molecule has 0 unspecified atom stereocenters. The van der Waals surface area contributed by atoms with Gasteiger partial charge in [0.1, 0.15) is 0 Å². The van der Waals surface area contributed by atoms with Crippen LogP contribution in [0.2, 0.25) is 0 Å². The summed E-state index contributed by atoms with van der Waals surface area (Å²) >= 11 is 0. The number of halogens is 1. The molecule has 1 fully saturated rings. The zero-order valence-corrected chi connectivity index (χ0v) is 9.72. The van der Waals surface area contributed by atoms with Crippen LogP contribution in [0.1, 0.15) is 20.8 Å². The van der Waals surface area contributed by atoms with Gasteiger partial charge in [-0.25, -0.2) is 0 Å². The Morgan fingerprint density at radius 2 is 2.19 bits per heavy atom. The van der Waals surface area contributed by atoms with Gasteiger partial charge in [-0.3, -0.25) is 0 Å². The molecule has 0 amide bonds. The Morgan fingerprint density at radius 3 is 2.69 bits per heavy atom. The van der Waals surface area contributed by atoms with E-state index in [4.69, 9.17) is 17.8 Å².